The molecule has 0 unspecified atom stereocenters. The van der Waals surface area contributed by atoms with Gasteiger partial charge in [-0.25, -0.2) is 4.68 Å². The first kappa shape index (κ1) is 12.3. The third kappa shape index (κ3) is 2.21. The number of aromatic nitrogens is 3. The zero-order chi connectivity index (χ0) is 13.5. The average molecular weight is 286 g/mol. The molecule has 4 rings (SSSR count). The normalized spacial score (nSPS) is 19.0. The molecule has 0 N–H and O–H groups in total. The van der Waals surface area contributed by atoms with Gasteiger partial charge in [-0.2, -0.15) is 5.10 Å². The summed E-state index contributed by atoms with van der Waals surface area (Å²) in [4.78, 5) is 2.42. The van der Waals surface area contributed by atoms with E-state index < -0.39 is 0 Å². The van der Waals surface area contributed by atoms with Crippen LogP contribution in [0.25, 0.3) is 0 Å². The van der Waals surface area contributed by atoms with Gasteiger partial charge < -0.3 is 4.57 Å². The van der Waals surface area contributed by atoms with E-state index >= 15 is 0 Å². The molecular formula is C15H18N4S. The van der Waals surface area contributed by atoms with Gasteiger partial charge in [-0.3, -0.25) is 4.90 Å². The van der Waals surface area contributed by atoms with E-state index in [0.717, 1.165) is 31.0 Å². The highest BCUT2D eigenvalue weighted by molar-refractivity contribution is 7.71. The molecule has 0 atom stereocenters. The van der Waals surface area contributed by atoms with E-state index in [1.807, 2.05) is 11.0 Å². The lowest BCUT2D eigenvalue weighted by atomic mass is 10.0. The molecule has 2 heterocycles. The van der Waals surface area contributed by atoms with Gasteiger partial charge in [-0.05, 0) is 42.6 Å². The molecule has 0 spiro atoms. The largest absolute Gasteiger partial charge is 0.303 e. The first-order valence-corrected chi connectivity index (χ1v) is 7.65. The number of hydrogen-bond acceptors (Lipinski definition) is 3. The van der Waals surface area contributed by atoms with Gasteiger partial charge in [0, 0.05) is 19.1 Å². The average Bonchev–Trinajstić information content (AvgIpc) is 3.25. The van der Waals surface area contributed by atoms with Crippen molar-refractivity contribution in [1.29, 1.82) is 0 Å². The van der Waals surface area contributed by atoms with Crippen LogP contribution in [0.4, 0.5) is 0 Å². The van der Waals surface area contributed by atoms with E-state index in [2.05, 4.69) is 38.8 Å². The highest BCUT2D eigenvalue weighted by atomic mass is 32.1. The second kappa shape index (κ2) is 4.82. The Morgan fingerprint density at radius 1 is 1.20 bits per heavy atom. The molecule has 0 amide bonds. The van der Waals surface area contributed by atoms with Crippen LogP contribution >= 0.6 is 12.2 Å². The lowest BCUT2D eigenvalue weighted by Gasteiger charge is -2.28. The third-order valence-electron chi connectivity index (χ3n) is 4.24. The Balaban J connectivity index is 1.52. The van der Waals surface area contributed by atoms with Crippen molar-refractivity contribution in [2.75, 3.05) is 6.54 Å². The van der Waals surface area contributed by atoms with E-state index in [1.54, 1.807) is 0 Å². The van der Waals surface area contributed by atoms with Crippen molar-refractivity contribution in [1.82, 2.24) is 19.2 Å². The molecule has 5 heteroatoms. The summed E-state index contributed by atoms with van der Waals surface area (Å²) in [6.45, 7) is 2.87. The standard InChI is InChI=1S/C15H18N4S/c20-15-18(14-5-6-14)10-16-19(15)11-17-8-7-12-3-1-2-4-13(12)9-17/h1-4,10,14H,5-9,11H2. The number of fused-ring (bicyclic) bond motifs is 1. The fourth-order valence-electron chi connectivity index (χ4n) is 2.91. The van der Waals surface area contributed by atoms with E-state index in [1.165, 1.54) is 24.0 Å². The van der Waals surface area contributed by atoms with Gasteiger partial charge >= 0.3 is 0 Å². The monoisotopic (exact) mass is 286 g/mol. The van der Waals surface area contributed by atoms with E-state index in [0.29, 0.717) is 6.04 Å². The quantitative estimate of drug-likeness (QED) is 0.812. The Hall–Kier alpha value is -1.46. The van der Waals surface area contributed by atoms with Crippen LogP contribution < -0.4 is 0 Å². The minimum atomic E-state index is 0.610. The van der Waals surface area contributed by atoms with Gasteiger partial charge in [-0.15, -0.1) is 0 Å². The van der Waals surface area contributed by atoms with Crippen LogP contribution in [-0.2, 0) is 19.6 Å². The van der Waals surface area contributed by atoms with Gasteiger partial charge in [-0.1, -0.05) is 24.3 Å². The second-order valence-electron chi connectivity index (χ2n) is 5.76. The molecule has 0 radical (unpaired) electrons. The number of nitrogens with zero attached hydrogens (tertiary/aromatic N) is 4. The van der Waals surface area contributed by atoms with E-state index in [-0.39, 0.29) is 0 Å². The van der Waals surface area contributed by atoms with Gasteiger partial charge in [0.25, 0.3) is 0 Å². The Morgan fingerprint density at radius 3 is 2.80 bits per heavy atom. The lowest BCUT2D eigenvalue weighted by molar-refractivity contribution is 0.188. The van der Waals surface area contributed by atoms with E-state index in [9.17, 15) is 0 Å². The summed E-state index contributed by atoms with van der Waals surface area (Å²) in [5.41, 5.74) is 2.92. The zero-order valence-electron chi connectivity index (χ0n) is 11.4. The minimum absolute atomic E-state index is 0.610. The fraction of sp³-hybridized carbons (Fsp3) is 0.467. The smallest absolute Gasteiger partial charge is 0.199 e. The summed E-state index contributed by atoms with van der Waals surface area (Å²) >= 11 is 5.52. The van der Waals surface area contributed by atoms with Crippen molar-refractivity contribution in [3.63, 3.8) is 0 Å². The molecule has 1 aromatic carbocycles. The molecule has 1 saturated carbocycles. The van der Waals surface area contributed by atoms with Crippen LogP contribution in [0.5, 0.6) is 0 Å². The molecule has 1 fully saturated rings. The topological polar surface area (TPSA) is 26.0 Å². The zero-order valence-corrected chi connectivity index (χ0v) is 12.2. The molecule has 20 heavy (non-hydrogen) atoms. The summed E-state index contributed by atoms with van der Waals surface area (Å²) in [6, 6.07) is 9.32. The first-order valence-electron chi connectivity index (χ1n) is 7.24. The van der Waals surface area contributed by atoms with Crippen molar-refractivity contribution < 1.29 is 0 Å². The molecule has 1 aliphatic heterocycles. The van der Waals surface area contributed by atoms with Crippen molar-refractivity contribution >= 4 is 12.2 Å². The molecule has 4 nitrogen and oxygen atoms in total. The SMILES string of the molecule is S=c1n(C2CC2)cnn1CN1CCc2ccccc2C1. The van der Waals surface area contributed by atoms with Crippen molar-refractivity contribution in [2.45, 2.75) is 38.5 Å². The highest BCUT2D eigenvalue weighted by Gasteiger charge is 2.25. The third-order valence-corrected chi connectivity index (χ3v) is 4.66. The second-order valence-corrected chi connectivity index (χ2v) is 6.13. The fourth-order valence-corrected chi connectivity index (χ4v) is 3.22. The van der Waals surface area contributed by atoms with Gasteiger partial charge in [0.15, 0.2) is 4.77 Å². The maximum atomic E-state index is 5.52. The van der Waals surface area contributed by atoms with Crippen LogP contribution in [0.1, 0.15) is 30.0 Å². The molecule has 104 valence electrons. The van der Waals surface area contributed by atoms with Crippen LogP contribution in [0.2, 0.25) is 0 Å². The van der Waals surface area contributed by atoms with Crippen LogP contribution in [0.3, 0.4) is 0 Å². The maximum Gasteiger partial charge on any atom is 0.199 e. The summed E-state index contributed by atoms with van der Waals surface area (Å²) in [6.07, 6.45) is 5.51. The van der Waals surface area contributed by atoms with E-state index in [4.69, 9.17) is 12.2 Å². The molecule has 2 aliphatic rings. The Bertz CT molecular complexity index is 683. The van der Waals surface area contributed by atoms with Gasteiger partial charge in [0.05, 0.1) is 6.67 Å². The minimum Gasteiger partial charge on any atom is -0.303 e. The first-order chi connectivity index (χ1) is 9.81. The molecule has 1 aromatic heterocycles. The predicted molar refractivity (Wildman–Crippen MR) is 79.9 cm³/mol. The molecule has 2 aromatic rings. The number of hydrogen-bond donors (Lipinski definition) is 0. The van der Waals surface area contributed by atoms with Crippen LogP contribution in [-0.4, -0.2) is 25.8 Å². The summed E-state index contributed by atoms with van der Waals surface area (Å²) in [5, 5.41) is 4.46. The Kier molecular flexibility index (Phi) is 2.97. The summed E-state index contributed by atoms with van der Waals surface area (Å²) in [7, 11) is 0. The number of benzene rings is 1. The summed E-state index contributed by atoms with van der Waals surface area (Å²) in [5.74, 6) is 0. The van der Waals surface area contributed by atoms with Gasteiger partial charge in [0.2, 0.25) is 0 Å². The van der Waals surface area contributed by atoms with Crippen molar-refractivity contribution in [3.05, 3.63) is 46.5 Å². The van der Waals surface area contributed by atoms with Crippen molar-refractivity contribution in [2.24, 2.45) is 0 Å². The Morgan fingerprint density at radius 2 is 2.00 bits per heavy atom. The molecular weight excluding hydrogens is 268 g/mol. The molecule has 0 bridgehead atoms. The number of rotatable bonds is 3. The maximum absolute atomic E-state index is 5.52. The van der Waals surface area contributed by atoms with Gasteiger partial charge in [0.1, 0.15) is 6.33 Å². The molecule has 1 aliphatic carbocycles. The highest BCUT2D eigenvalue weighted by Crippen LogP contribution is 2.34. The van der Waals surface area contributed by atoms with Crippen LogP contribution in [0, 0.1) is 4.77 Å². The van der Waals surface area contributed by atoms with Crippen molar-refractivity contribution in [3.8, 4) is 0 Å². The van der Waals surface area contributed by atoms with Crippen LogP contribution in [0.15, 0.2) is 30.6 Å². The predicted octanol–water partition coefficient (Wildman–Crippen LogP) is 2.76. The summed E-state index contributed by atoms with van der Waals surface area (Å²) < 4.78 is 4.97. The molecule has 0 saturated heterocycles. The Labute approximate surface area is 123 Å². The lowest BCUT2D eigenvalue weighted by Crippen LogP contribution is -2.32.